The average Bonchev–Trinajstić information content (AvgIpc) is 2.68. The Morgan fingerprint density at radius 1 is 1.00 bits per heavy atom. The molecule has 7 nitrogen and oxygen atoms in total. The summed E-state index contributed by atoms with van der Waals surface area (Å²) < 4.78 is 5.30. The predicted molar refractivity (Wildman–Crippen MR) is 120 cm³/mol. The van der Waals surface area contributed by atoms with Crippen molar-refractivity contribution in [3.8, 4) is 0 Å². The van der Waals surface area contributed by atoms with Crippen LogP contribution in [0, 0.1) is 0 Å². The van der Waals surface area contributed by atoms with Crippen LogP contribution < -0.4 is 10.6 Å². The molecule has 2 atom stereocenters. The van der Waals surface area contributed by atoms with E-state index in [1.807, 2.05) is 49.4 Å². The molecule has 0 aromatic heterocycles. The van der Waals surface area contributed by atoms with Gasteiger partial charge in [-0.2, -0.15) is 0 Å². The zero-order valence-electron chi connectivity index (χ0n) is 18.6. The van der Waals surface area contributed by atoms with Gasteiger partial charge in [0.2, 0.25) is 5.91 Å². The zero-order valence-corrected chi connectivity index (χ0v) is 18.6. The van der Waals surface area contributed by atoms with Crippen LogP contribution in [-0.2, 0) is 20.7 Å². The first-order chi connectivity index (χ1) is 14.6. The normalized spacial score (nSPS) is 13.3. The third kappa shape index (κ3) is 7.92. The number of amides is 2. The highest BCUT2D eigenvalue weighted by molar-refractivity contribution is 5.90. The molecule has 0 heterocycles. The minimum absolute atomic E-state index is 0.204. The number of unbranched alkanes of at least 4 members (excludes halogenated alkanes) is 1. The van der Waals surface area contributed by atoms with Gasteiger partial charge in [-0.15, -0.1) is 0 Å². The van der Waals surface area contributed by atoms with Gasteiger partial charge < -0.3 is 20.5 Å². The highest BCUT2D eigenvalue weighted by Crippen LogP contribution is 2.17. The molecule has 2 amide bonds. The second kappa shape index (κ2) is 10.8. The van der Waals surface area contributed by atoms with Crippen LogP contribution >= 0.6 is 0 Å². The molecule has 2 rings (SSSR count). The van der Waals surface area contributed by atoms with Gasteiger partial charge in [-0.1, -0.05) is 62.2 Å². The fraction of sp³-hybridized carbons (Fsp3) is 0.458. The van der Waals surface area contributed by atoms with Gasteiger partial charge >= 0.3 is 12.1 Å². The molecule has 2 aromatic carbocycles. The molecule has 7 heteroatoms. The summed E-state index contributed by atoms with van der Waals surface area (Å²) in [6.07, 6.45) is 1.29. The number of hydrogen-bond acceptors (Lipinski definition) is 4. The van der Waals surface area contributed by atoms with Gasteiger partial charge in [0.25, 0.3) is 0 Å². The molecule has 0 saturated carbocycles. The van der Waals surface area contributed by atoms with Gasteiger partial charge in [-0.05, 0) is 43.5 Å². The largest absolute Gasteiger partial charge is 0.480 e. The van der Waals surface area contributed by atoms with E-state index in [9.17, 15) is 19.5 Å². The average molecular weight is 429 g/mol. The molecule has 0 aliphatic heterocycles. The van der Waals surface area contributed by atoms with Crippen molar-refractivity contribution in [2.45, 2.75) is 71.1 Å². The summed E-state index contributed by atoms with van der Waals surface area (Å²) >= 11 is 0. The molecule has 0 bridgehead atoms. The monoisotopic (exact) mass is 428 g/mol. The minimum Gasteiger partial charge on any atom is -0.480 e. The maximum Gasteiger partial charge on any atom is 0.408 e. The fourth-order valence-electron chi connectivity index (χ4n) is 3.20. The van der Waals surface area contributed by atoms with Crippen molar-refractivity contribution in [2.24, 2.45) is 0 Å². The standard InChI is InChI=1S/C24H32N2O5/c1-5-6-11-19(22(28)29)25-21(27)20(26-23(30)31-24(2,3)4)15-16-12-13-17-9-7-8-10-18(17)14-16/h7-10,12-14,19-20H,5-6,11,15H2,1-4H3,(H,25,27)(H,26,30)(H,28,29)/t19-,20+/m0/s1. The molecule has 0 aliphatic rings. The maximum atomic E-state index is 12.9. The molecule has 0 aliphatic carbocycles. The van der Waals surface area contributed by atoms with E-state index < -0.39 is 35.7 Å². The minimum atomic E-state index is -1.09. The number of carboxylic acid groups (broad SMARTS) is 1. The Hall–Kier alpha value is -3.09. The number of hydrogen-bond donors (Lipinski definition) is 3. The van der Waals surface area contributed by atoms with Gasteiger partial charge in [-0.3, -0.25) is 4.79 Å². The van der Waals surface area contributed by atoms with Gasteiger partial charge in [0, 0.05) is 6.42 Å². The van der Waals surface area contributed by atoms with E-state index in [1.54, 1.807) is 20.8 Å². The number of alkyl carbamates (subject to hydrolysis) is 1. The summed E-state index contributed by atoms with van der Waals surface area (Å²) in [5.74, 6) is -1.65. The Labute approximate surface area is 183 Å². The molecule has 0 radical (unpaired) electrons. The van der Waals surface area contributed by atoms with Crippen LogP contribution in [0.5, 0.6) is 0 Å². The summed E-state index contributed by atoms with van der Waals surface area (Å²) in [5, 5.41) is 16.7. The van der Waals surface area contributed by atoms with Crippen LogP contribution in [0.15, 0.2) is 42.5 Å². The van der Waals surface area contributed by atoms with Crippen molar-refractivity contribution in [1.29, 1.82) is 0 Å². The number of benzene rings is 2. The molecule has 168 valence electrons. The summed E-state index contributed by atoms with van der Waals surface area (Å²) in [6, 6.07) is 11.7. The number of nitrogens with one attached hydrogen (secondary N) is 2. The smallest absolute Gasteiger partial charge is 0.408 e. The van der Waals surface area contributed by atoms with Gasteiger partial charge in [0.1, 0.15) is 17.7 Å². The van der Waals surface area contributed by atoms with Gasteiger partial charge in [0.05, 0.1) is 0 Å². The van der Waals surface area contributed by atoms with Crippen molar-refractivity contribution in [1.82, 2.24) is 10.6 Å². The topological polar surface area (TPSA) is 105 Å². The summed E-state index contributed by atoms with van der Waals surface area (Å²) in [6.45, 7) is 7.15. The highest BCUT2D eigenvalue weighted by atomic mass is 16.6. The number of carbonyl (C=O) groups is 3. The van der Waals surface area contributed by atoms with E-state index in [2.05, 4.69) is 10.6 Å². The summed E-state index contributed by atoms with van der Waals surface area (Å²) in [7, 11) is 0. The molecular weight excluding hydrogens is 396 g/mol. The Bertz CT molecular complexity index is 920. The molecule has 3 N–H and O–H groups in total. The van der Waals surface area contributed by atoms with Crippen LogP contribution in [0.25, 0.3) is 10.8 Å². The Morgan fingerprint density at radius 3 is 2.29 bits per heavy atom. The van der Waals surface area contributed by atoms with Crippen LogP contribution in [0.1, 0.15) is 52.5 Å². The second-order valence-corrected chi connectivity index (χ2v) is 8.63. The number of ether oxygens (including phenoxy) is 1. The SMILES string of the molecule is CCCC[C@H](NC(=O)[C@@H](Cc1ccc2ccccc2c1)NC(=O)OC(C)(C)C)C(=O)O. The van der Waals surface area contributed by atoms with E-state index in [0.29, 0.717) is 12.8 Å². The van der Waals surface area contributed by atoms with Crippen molar-refractivity contribution in [2.75, 3.05) is 0 Å². The lowest BCUT2D eigenvalue weighted by atomic mass is 10.0. The number of carboxylic acids is 1. The van der Waals surface area contributed by atoms with Crippen molar-refractivity contribution in [3.63, 3.8) is 0 Å². The van der Waals surface area contributed by atoms with E-state index in [0.717, 1.165) is 22.8 Å². The molecule has 2 aromatic rings. The van der Waals surface area contributed by atoms with E-state index >= 15 is 0 Å². The summed E-state index contributed by atoms with van der Waals surface area (Å²) in [4.78, 5) is 36.8. The van der Waals surface area contributed by atoms with Gasteiger partial charge in [-0.25, -0.2) is 9.59 Å². The third-order valence-corrected chi connectivity index (χ3v) is 4.72. The molecular formula is C24H32N2O5. The fourth-order valence-corrected chi connectivity index (χ4v) is 3.20. The Balaban J connectivity index is 2.22. The van der Waals surface area contributed by atoms with Crippen LogP contribution in [-0.4, -0.2) is 40.8 Å². The summed E-state index contributed by atoms with van der Waals surface area (Å²) in [5.41, 5.74) is 0.119. The van der Waals surface area contributed by atoms with Crippen molar-refractivity contribution in [3.05, 3.63) is 48.0 Å². The van der Waals surface area contributed by atoms with E-state index in [4.69, 9.17) is 4.74 Å². The number of aliphatic carboxylic acids is 1. The van der Waals surface area contributed by atoms with Crippen LogP contribution in [0.2, 0.25) is 0 Å². The second-order valence-electron chi connectivity index (χ2n) is 8.63. The number of rotatable bonds is 9. The van der Waals surface area contributed by atoms with Crippen molar-refractivity contribution < 1.29 is 24.2 Å². The lowest BCUT2D eigenvalue weighted by Crippen LogP contribution is -2.53. The Morgan fingerprint density at radius 2 is 1.68 bits per heavy atom. The first kappa shape index (κ1) is 24.2. The van der Waals surface area contributed by atoms with Gasteiger partial charge in [0.15, 0.2) is 0 Å². The molecule has 0 unspecified atom stereocenters. The first-order valence-corrected chi connectivity index (χ1v) is 10.6. The van der Waals surface area contributed by atoms with Crippen molar-refractivity contribution >= 4 is 28.7 Å². The Kier molecular flexibility index (Phi) is 8.42. The zero-order chi connectivity index (χ0) is 23.0. The van der Waals surface area contributed by atoms with Crippen LogP contribution in [0.3, 0.4) is 0 Å². The number of fused-ring (bicyclic) bond motifs is 1. The molecule has 0 saturated heterocycles. The molecule has 31 heavy (non-hydrogen) atoms. The predicted octanol–water partition coefficient (Wildman–Crippen LogP) is 4.04. The quantitative estimate of drug-likeness (QED) is 0.559. The van der Waals surface area contributed by atoms with E-state index in [-0.39, 0.29) is 6.42 Å². The van der Waals surface area contributed by atoms with E-state index in [1.165, 1.54) is 0 Å². The lowest BCUT2D eigenvalue weighted by Gasteiger charge is -2.24. The molecule has 0 spiro atoms. The highest BCUT2D eigenvalue weighted by Gasteiger charge is 2.28. The molecule has 0 fully saturated rings. The van der Waals surface area contributed by atoms with Crippen LogP contribution in [0.4, 0.5) is 4.79 Å². The third-order valence-electron chi connectivity index (χ3n) is 4.72. The first-order valence-electron chi connectivity index (χ1n) is 10.6. The maximum absolute atomic E-state index is 12.9. The number of carbonyl (C=O) groups excluding carboxylic acids is 2. The lowest BCUT2D eigenvalue weighted by molar-refractivity contribution is -0.142.